The van der Waals surface area contributed by atoms with Crippen LogP contribution in [-0.4, -0.2) is 50.3 Å². The summed E-state index contributed by atoms with van der Waals surface area (Å²) >= 11 is 0. The van der Waals surface area contributed by atoms with E-state index in [1.807, 2.05) is 27.7 Å². The molecule has 0 rings (SSSR count). The highest BCUT2D eigenvalue weighted by Crippen LogP contribution is 2.00. The SMILES string of the molecule is CC(C)CCOC(=O)C=CC(=O)OCCOC(=O)/C=C/C(=O)OCCC(C)C. The van der Waals surface area contributed by atoms with Crippen molar-refractivity contribution < 1.29 is 38.1 Å². The summed E-state index contributed by atoms with van der Waals surface area (Å²) in [6.07, 6.45) is 5.29. The van der Waals surface area contributed by atoms with Crippen LogP contribution in [0.15, 0.2) is 24.3 Å². The Hall–Kier alpha value is -2.64. The molecule has 28 heavy (non-hydrogen) atoms. The van der Waals surface area contributed by atoms with Crippen molar-refractivity contribution in [3.63, 3.8) is 0 Å². The van der Waals surface area contributed by atoms with Crippen molar-refractivity contribution in [3.05, 3.63) is 24.3 Å². The van der Waals surface area contributed by atoms with Crippen molar-refractivity contribution in [2.24, 2.45) is 11.8 Å². The quantitative estimate of drug-likeness (QED) is 0.201. The molecule has 0 aromatic carbocycles. The lowest BCUT2D eigenvalue weighted by Crippen LogP contribution is -2.12. The Kier molecular flexibility index (Phi) is 14.0. The molecule has 0 N–H and O–H groups in total. The van der Waals surface area contributed by atoms with Crippen LogP contribution in [0.2, 0.25) is 0 Å². The van der Waals surface area contributed by atoms with Crippen LogP contribution in [0.5, 0.6) is 0 Å². The molecule has 0 amide bonds. The normalized spacial score (nSPS) is 11.2. The molecule has 158 valence electrons. The second-order valence-electron chi connectivity index (χ2n) is 6.70. The van der Waals surface area contributed by atoms with Gasteiger partial charge in [0.1, 0.15) is 13.2 Å². The van der Waals surface area contributed by atoms with E-state index in [0.29, 0.717) is 11.8 Å². The number of carbonyl (C=O) groups is 4. The second kappa shape index (κ2) is 15.4. The number of carbonyl (C=O) groups excluding carboxylic acids is 4. The minimum Gasteiger partial charge on any atom is -0.463 e. The van der Waals surface area contributed by atoms with Gasteiger partial charge in [-0.1, -0.05) is 27.7 Å². The molecule has 0 aliphatic carbocycles. The van der Waals surface area contributed by atoms with Gasteiger partial charge in [0.25, 0.3) is 0 Å². The maximum Gasteiger partial charge on any atom is 0.331 e. The Bertz CT molecular complexity index is 511. The van der Waals surface area contributed by atoms with Crippen LogP contribution >= 0.6 is 0 Å². The topological polar surface area (TPSA) is 105 Å². The van der Waals surface area contributed by atoms with Gasteiger partial charge < -0.3 is 18.9 Å². The lowest BCUT2D eigenvalue weighted by molar-refractivity contribution is -0.146. The molecule has 8 nitrogen and oxygen atoms in total. The number of ether oxygens (including phenoxy) is 4. The third-order valence-electron chi connectivity index (χ3n) is 3.16. The zero-order valence-electron chi connectivity index (χ0n) is 17.0. The summed E-state index contributed by atoms with van der Waals surface area (Å²) in [7, 11) is 0. The molecule has 0 aliphatic rings. The van der Waals surface area contributed by atoms with E-state index < -0.39 is 23.9 Å². The molecule has 0 saturated heterocycles. The first-order chi connectivity index (χ1) is 13.2. The highest BCUT2D eigenvalue weighted by molar-refractivity contribution is 5.92. The lowest BCUT2D eigenvalue weighted by Gasteiger charge is -2.05. The number of rotatable bonds is 13. The first-order valence-electron chi connectivity index (χ1n) is 9.23. The largest absolute Gasteiger partial charge is 0.463 e. The van der Waals surface area contributed by atoms with Crippen LogP contribution in [0.25, 0.3) is 0 Å². The van der Waals surface area contributed by atoms with E-state index in [0.717, 1.165) is 37.1 Å². The standard InChI is InChI=1S/C20H30O8/c1-15(2)9-11-25-17(21)5-7-19(23)27-13-14-28-20(24)8-6-18(22)26-12-10-16(3)4/h5-8,15-16H,9-14H2,1-4H3/b7-5+,8-6?. The molecule has 0 unspecified atom stereocenters. The number of hydrogen-bond donors (Lipinski definition) is 0. The third-order valence-corrected chi connectivity index (χ3v) is 3.16. The Morgan fingerprint density at radius 1 is 0.536 bits per heavy atom. The van der Waals surface area contributed by atoms with Gasteiger partial charge in [0.05, 0.1) is 13.2 Å². The van der Waals surface area contributed by atoms with Gasteiger partial charge in [0.2, 0.25) is 0 Å². The van der Waals surface area contributed by atoms with Gasteiger partial charge in [-0.2, -0.15) is 0 Å². The van der Waals surface area contributed by atoms with Gasteiger partial charge in [-0.15, -0.1) is 0 Å². The summed E-state index contributed by atoms with van der Waals surface area (Å²) in [5, 5.41) is 0. The van der Waals surface area contributed by atoms with Gasteiger partial charge >= 0.3 is 23.9 Å². The predicted molar refractivity (Wildman–Crippen MR) is 101 cm³/mol. The van der Waals surface area contributed by atoms with Gasteiger partial charge in [-0.3, -0.25) is 0 Å². The maximum absolute atomic E-state index is 11.4. The van der Waals surface area contributed by atoms with E-state index in [2.05, 4.69) is 0 Å². The van der Waals surface area contributed by atoms with Gasteiger partial charge in [-0.05, 0) is 24.7 Å². The molecule has 0 aromatic heterocycles. The molecule has 8 heteroatoms. The molecule has 0 radical (unpaired) electrons. The summed E-state index contributed by atoms with van der Waals surface area (Å²) in [4.78, 5) is 45.5. The number of esters is 4. The summed E-state index contributed by atoms with van der Waals surface area (Å²) in [5.74, 6) is -1.96. The molecule has 0 bridgehead atoms. The van der Waals surface area contributed by atoms with Crippen LogP contribution in [0.3, 0.4) is 0 Å². The summed E-state index contributed by atoms with van der Waals surface area (Å²) in [6, 6.07) is 0. The zero-order valence-corrected chi connectivity index (χ0v) is 17.0. The van der Waals surface area contributed by atoms with Crippen LogP contribution < -0.4 is 0 Å². The lowest BCUT2D eigenvalue weighted by atomic mass is 10.1. The summed E-state index contributed by atoms with van der Waals surface area (Å²) in [5.41, 5.74) is 0. The van der Waals surface area contributed by atoms with E-state index in [1.54, 1.807) is 0 Å². The van der Waals surface area contributed by atoms with Crippen molar-refractivity contribution in [1.82, 2.24) is 0 Å². The molecule has 0 atom stereocenters. The van der Waals surface area contributed by atoms with Crippen molar-refractivity contribution in [2.45, 2.75) is 40.5 Å². The average Bonchev–Trinajstić information content (AvgIpc) is 2.61. The van der Waals surface area contributed by atoms with E-state index in [4.69, 9.17) is 18.9 Å². The predicted octanol–water partition coefficient (Wildman–Crippen LogP) is 2.36. The van der Waals surface area contributed by atoms with Crippen molar-refractivity contribution in [2.75, 3.05) is 26.4 Å². The molecular weight excluding hydrogens is 368 g/mol. The highest BCUT2D eigenvalue weighted by atomic mass is 16.6. The monoisotopic (exact) mass is 398 g/mol. The molecule has 0 saturated carbocycles. The first-order valence-corrected chi connectivity index (χ1v) is 9.23. The third kappa shape index (κ3) is 16.8. The Labute approximate surface area is 165 Å². The van der Waals surface area contributed by atoms with E-state index in [1.165, 1.54) is 0 Å². The number of hydrogen-bond acceptors (Lipinski definition) is 8. The van der Waals surface area contributed by atoms with Crippen LogP contribution in [0, 0.1) is 11.8 Å². The smallest absolute Gasteiger partial charge is 0.331 e. The Balaban J connectivity index is 3.87. The minimum absolute atomic E-state index is 0.190. The fourth-order valence-corrected chi connectivity index (χ4v) is 1.54. The average molecular weight is 398 g/mol. The zero-order chi connectivity index (χ0) is 21.4. The van der Waals surface area contributed by atoms with Crippen molar-refractivity contribution >= 4 is 23.9 Å². The van der Waals surface area contributed by atoms with Gasteiger partial charge in [0, 0.05) is 24.3 Å². The summed E-state index contributed by atoms with van der Waals surface area (Å²) < 4.78 is 19.3. The van der Waals surface area contributed by atoms with Gasteiger partial charge in [0.15, 0.2) is 0 Å². The first kappa shape index (κ1) is 25.4. The molecule has 0 heterocycles. The van der Waals surface area contributed by atoms with Crippen LogP contribution in [0.4, 0.5) is 0 Å². The Morgan fingerprint density at radius 3 is 1.04 bits per heavy atom. The fourth-order valence-electron chi connectivity index (χ4n) is 1.54. The highest BCUT2D eigenvalue weighted by Gasteiger charge is 2.04. The molecule has 0 spiro atoms. The Morgan fingerprint density at radius 2 is 0.786 bits per heavy atom. The van der Waals surface area contributed by atoms with Crippen LogP contribution in [0.1, 0.15) is 40.5 Å². The molecule has 0 fully saturated rings. The van der Waals surface area contributed by atoms with Crippen LogP contribution in [-0.2, 0) is 38.1 Å². The molecule has 0 aliphatic heterocycles. The summed E-state index contributed by atoms with van der Waals surface area (Å²) in [6.45, 7) is 8.20. The van der Waals surface area contributed by atoms with Crippen molar-refractivity contribution in [3.8, 4) is 0 Å². The minimum atomic E-state index is -0.763. The van der Waals surface area contributed by atoms with Crippen molar-refractivity contribution in [1.29, 1.82) is 0 Å². The second-order valence-corrected chi connectivity index (χ2v) is 6.70. The van der Waals surface area contributed by atoms with E-state index in [9.17, 15) is 19.2 Å². The maximum atomic E-state index is 11.4. The molecule has 0 aromatic rings. The fraction of sp³-hybridized carbons (Fsp3) is 0.600. The van der Waals surface area contributed by atoms with Gasteiger partial charge in [-0.25, -0.2) is 19.2 Å². The van der Waals surface area contributed by atoms with E-state index in [-0.39, 0.29) is 26.4 Å². The molecular formula is C20H30O8. The van der Waals surface area contributed by atoms with E-state index >= 15 is 0 Å².